The first-order valence-electron chi connectivity index (χ1n) is 9.64. The van der Waals surface area contributed by atoms with Crippen molar-refractivity contribution < 1.29 is 65.0 Å². The fourth-order valence-corrected chi connectivity index (χ4v) is 6.75. The molecule has 0 amide bonds. The highest BCUT2D eigenvalue weighted by atomic mass is 31.3. The number of aliphatic hydroxyl groups is 1. The van der Waals surface area contributed by atoms with Crippen LogP contribution in [0.4, 0.5) is 14.7 Å². The Morgan fingerprint density at radius 1 is 1.27 bits per heavy atom. The van der Waals surface area contributed by atoms with Gasteiger partial charge in [-0.2, -0.15) is 13.6 Å². The zero-order chi connectivity index (χ0) is 28.1. The van der Waals surface area contributed by atoms with Crippen molar-refractivity contribution in [3.63, 3.8) is 0 Å². The van der Waals surface area contributed by atoms with Crippen LogP contribution < -0.4 is 11.3 Å². The SMILES string of the molecule is CC#CC1(F)[C@@H](O)[C@@H]([C@H](C)OP(=O)(O)OP(=O)(O)OP(=O)(O)O)O[C@H]1n1cc(F)c2c(=O)[nH]c(N)nc21. The Hall–Kier alpha value is -2.03. The van der Waals surface area contributed by atoms with Crippen LogP contribution in [0, 0.1) is 17.7 Å². The second-order valence-electron chi connectivity index (χ2n) is 7.48. The average molecular weight is 594 g/mol. The Kier molecular flexibility index (Phi) is 7.93. The minimum atomic E-state index is -5.87. The van der Waals surface area contributed by atoms with Gasteiger partial charge in [-0.15, -0.1) is 5.92 Å². The van der Waals surface area contributed by atoms with Gasteiger partial charge >= 0.3 is 23.5 Å². The molecule has 1 saturated heterocycles. The minimum absolute atomic E-state index is 0.473. The standard InChI is InChI=1S/C15H19F2N4O13P3/c1-3-4-15(17)10(22)9(6(2)32-36(27,28)34-37(29,30)33-35(24,25)26)31-13(15)21-5-7(16)8-11(21)19-14(18)20-12(8)23/h5-6,9-10,13,22H,1-2H3,(H,27,28)(H,29,30)(H2,24,25,26)(H3,18,19,20,23)/t6-,9+,10-,13+,15?/m0/s1. The van der Waals surface area contributed by atoms with Crippen LogP contribution >= 0.6 is 23.5 Å². The number of nitrogen functional groups attached to an aromatic ring is 1. The summed E-state index contributed by atoms with van der Waals surface area (Å²) in [6.45, 7) is 2.10. The molecule has 1 aliphatic rings. The summed E-state index contributed by atoms with van der Waals surface area (Å²) in [6, 6.07) is 0. The van der Waals surface area contributed by atoms with Crippen LogP contribution in [-0.2, 0) is 31.6 Å². The van der Waals surface area contributed by atoms with Crippen LogP contribution in [0.25, 0.3) is 11.0 Å². The third kappa shape index (κ3) is 6.18. The van der Waals surface area contributed by atoms with Crippen LogP contribution in [0.3, 0.4) is 0 Å². The molecular formula is C15H19F2N4O13P3. The Bertz CT molecular complexity index is 1480. The number of phosphoric ester groups is 1. The summed E-state index contributed by atoms with van der Waals surface area (Å²) in [5, 5.41) is 10.0. The molecule has 22 heteroatoms. The van der Waals surface area contributed by atoms with Gasteiger partial charge in [-0.25, -0.2) is 22.5 Å². The highest BCUT2D eigenvalue weighted by Gasteiger charge is 2.60. The number of halogens is 2. The van der Waals surface area contributed by atoms with Crippen LogP contribution in [0.1, 0.15) is 20.1 Å². The smallest absolute Gasteiger partial charge is 0.386 e. The molecule has 1 fully saturated rings. The summed E-state index contributed by atoms with van der Waals surface area (Å²) in [4.78, 5) is 54.1. The molecule has 3 heterocycles. The summed E-state index contributed by atoms with van der Waals surface area (Å²) in [7, 11) is -17.2. The largest absolute Gasteiger partial charge is 0.490 e. The number of hydrogen-bond acceptors (Lipinski definition) is 11. The van der Waals surface area contributed by atoms with Gasteiger partial charge in [-0.1, -0.05) is 5.92 Å². The van der Waals surface area contributed by atoms with Gasteiger partial charge in [0.15, 0.2) is 17.7 Å². The quantitative estimate of drug-likeness (QED) is 0.159. The molecule has 0 radical (unpaired) electrons. The van der Waals surface area contributed by atoms with Gasteiger partial charge in [0.25, 0.3) is 5.56 Å². The Morgan fingerprint density at radius 2 is 1.89 bits per heavy atom. The second-order valence-corrected chi connectivity index (χ2v) is 11.8. The molecule has 1 aliphatic heterocycles. The molecular weight excluding hydrogens is 575 g/mol. The summed E-state index contributed by atoms with van der Waals surface area (Å²) in [5.74, 6) is 2.61. The third-order valence-electron chi connectivity index (χ3n) is 4.79. The van der Waals surface area contributed by atoms with Crippen molar-refractivity contribution in [3.8, 4) is 11.8 Å². The predicted octanol–water partition coefficient (Wildman–Crippen LogP) is 0.168. The average Bonchev–Trinajstić information content (AvgIpc) is 3.13. The molecule has 2 aromatic heterocycles. The minimum Gasteiger partial charge on any atom is -0.386 e. The van der Waals surface area contributed by atoms with Gasteiger partial charge in [0.1, 0.15) is 17.6 Å². The number of alkyl halides is 1. The normalized spacial score (nSPS) is 28.3. The number of anilines is 1. The molecule has 0 spiro atoms. The van der Waals surface area contributed by atoms with Gasteiger partial charge in [0.2, 0.25) is 11.6 Å². The van der Waals surface area contributed by atoms with Gasteiger partial charge in [0.05, 0.1) is 6.10 Å². The number of aromatic nitrogens is 3. The maximum atomic E-state index is 16.0. The van der Waals surface area contributed by atoms with E-state index in [-0.39, 0.29) is 0 Å². The van der Waals surface area contributed by atoms with E-state index in [9.17, 15) is 37.8 Å². The van der Waals surface area contributed by atoms with E-state index in [2.05, 4.69) is 24.0 Å². The van der Waals surface area contributed by atoms with E-state index >= 15 is 4.39 Å². The predicted molar refractivity (Wildman–Crippen MR) is 116 cm³/mol. The number of H-pyrrole nitrogens is 1. The zero-order valence-corrected chi connectivity index (χ0v) is 21.1. The molecule has 7 atom stereocenters. The number of rotatable bonds is 8. The molecule has 3 rings (SSSR count). The first-order valence-corrected chi connectivity index (χ1v) is 14.2. The molecule has 3 unspecified atom stereocenters. The third-order valence-corrected chi connectivity index (χ3v) is 8.71. The number of nitrogens with one attached hydrogen (secondary N) is 1. The lowest BCUT2D eigenvalue weighted by molar-refractivity contribution is -0.0753. The van der Waals surface area contributed by atoms with Crippen LogP contribution in [0.15, 0.2) is 11.0 Å². The van der Waals surface area contributed by atoms with Crippen molar-refractivity contribution >= 4 is 40.4 Å². The number of nitrogens with zero attached hydrogens (tertiary/aromatic N) is 2. The molecule has 8 N–H and O–H groups in total. The van der Waals surface area contributed by atoms with E-state index in [1.807, 2.05) is 10.9 Å². The number of ether oxygens (including phenoxy) is 1. The maximum Gasteiger partial charge on any atom is 0.490 e. The molecule has 0 aromatic carbocycles. The zero-order valence-electron chi connectivity index (χ0n) is 18.5. The molecule has 37 heavy (non-hydrogen) atoms. The topological polar surface area (TPSA) is 266 Å². The lowest BCUT2D eigenvalue weighted by atomic mass is 9.94. The van der Waals surface area contributed by atoms with E-state index in [4.69, 9.17) is 20.3 Å². The number of nitrogens with two attached hydrogens (primary N) is 1. The number of hydrogen-bond donors (Lipinski definition) is 7. The Morgan fingerprint density at radius 3 is 2.46 bits per heavy atom. The maximum absolute atomic E-state index is 16.0. The van der Waals surface area contributed by atoms with Crippen molar-refractivity contribution in [2.45, 2.75) is 44.1 Å². The Labute approximate surface area is 204 Å². The molecule has 0 bridgehead atoms. The van der Waals surface area contributed by atoms with Crippen molar-refractivity contribution in [1.29, 1.82) is 0 Å². The van der Waals surface area contributed by atoms with E-state index < -0.39 is 82.0 Å². The van der Waals surface area contributed by atoms with Crippen molar-refractivity contribution in [2.75, 3.05) is 5.73 Å². The summed E-state index contributed by atoms with van der Waals surface area (Å²) < 4.78 is 82.9. The molecule has 206 valence electrons. The number of aromatic amines is 1. The van der Waals surface area contributed by atoms with Crippen LogP contribution in [0.2, 0.25) is 0 Å². The summed E-state index contributed by atoms with van der Waals surface area (Å²) in [6.07, 6.45) is -7.52. The number of phosphoric acid groups is 3. The van der Waals surface area contributed by atoms with E-state index in [1.165, 1.54) is 6.92 Å². The molecule has 17 nitrogen and oxygen atoms in total. The van der Waals surface area contributed by atoms with Crippen molar-refractivity contribution in [3.05, 3.63) is 22.4 Å². The monoisotopic (exact) mass is 594 g/mol. The second kappa shape index (κ2) is 9.93. The summed E-state index contributed by atoms with van der Waals surface area (Å²) >= 11 is 0. The van der Waals surface area contributed by atoms with Crippen molar-refractivity contribution in [2.24, 2.45) is 0 Å². The summed E-state index contributed by atoms with van der Waals surface area (Å²) in [5.41, 5.74) is 0.885. The molecule has 0 aliphatic carbocycles. The lowest BCUT2D eigenvalue weighted by Gasteiger charge is -2.25. The van der Waals surface area contributed by atoms with Gasteiger partial charge in [0, 0.05) is 6.20 Å². The van der Waals surface area contributed by atoms with Gasteiger partial charge in [-0.3, -0.25) is 18.9 Å². The van der Waals surface area contributed by atoms with Gasteiger partial charge < -0.3 is 35.2 Å². The fraction of sp³-hybridized carbons (Fsp3) is 0.467. The number of aliphatic hydroxyl groups excluding tert-OH is 1. The van der Waals surface area contributed by atoms with E-state index in [0.717, 1.165) is 6.92 Å². The van der Waals surface area contributed by atoms with Crippen molar-refractivity contribution in [1.82, 2.24) is 14.5 Å². The van der Waals surface area contributed by atoms with E-state index in [0.29, 0.717) is 10.8 Å². The Balaban J connectivity index is 1.96. The van der Waals surface area contributed by atoms with E-state index in [1.54, 1.807) is 0 Å². The lowest BCUT2D eigenvalue weighted by Crippen LogP contribution is -2.44. The first kappa shape index (κ1) is 29.5. The van der Waals surface area contributed by atoms with Crippen LogP contribution in [0.5, 0.6) is 0 Å². The first-order chi connectivity index (χ1) is 16.8. The highest BCUT2D eigenvalue weighted by molar-refractivity contribution is 7.66. The molecule has 2 aromatic rings. The van der Waals surface area contributed by atoms with Crippen LogP contribution in [-0.4, -0.2) is 63.2 Å². The number of fused-ring (bicyclic) bond motifs is 1. The fourth-order valence-electron chi connectivity index (χ4n) is 3.55. The molecule has 0 saturated carbocycles. The van der Waals surface area contributed by atoms with Gasteiger partial charge in [-0.05, 0) is 13.8 Å². The highest BCUT2D eigenvalue weighted by Crippen LogP contribution is 2.66.